The number of fused-ring (bicyclic) bond motifs is 1. The van der Waals surface area contributed by atoms with Gasteiger partial charge in [0.15, 0.2) is 0 Å². The molecule has 86 valence electrons. The molecule has 0 saturated heterocycles. The lowest BCUT2D eigenvalue weighted by molar-refractivity contribution is -0.146. The number of carbonyl (C=O) groups excluding carboxylic acids is 1. The van der Waals surface area contributed by atoms with E-state index in [9.17, 15) is 14.7 Å². The molecule has 17 heavy (non-hydrogen) atoms. The number of thiophene rings is 1. The number of aromatic hydroxyl groups is 1. The SMILES string of the molecule is O=C(O)C(=O)C=Cc1sc2ccccc2c1O. The summed E-state index contributed by atoms with van der Waals surface area (Å²) in [5.41, 5.74) is 0. The van der Waals surface area contributed by atoms with E-state index in [1.165, 1.54) is 17.4 Å². The van der Waals surface area contributed by atoms with Crippen LogP contribution >= 0.6 is 11.3 Å². The van der Waals surface area contributed by atoms with E-state index >= 15 is 0 Å². The van der Waals surface area contributed by atoms with Crippen LogP contribution in [0.5, 0.6) is 5.75 Å². The van der Waals surface area contributed by atoms with E-state index in [2.05, 4.69) is 0 Å². The summed E-state index contributed by atoms with van der Waals surface area (Å²) < 4.78 is 0.882. The molecule has 1 heterocycles. The minimum absolute atomic E-state index is 0.0695. The van der Waals surface area contributed by atoms with Gasteiger partial charge in [-0.2, -0.15) is 0 Å². The highest BCUT2D eigenvalue weighted by molar-refractivity contribution is 7.20. The minimum atomic E-state index is -1.51. The topological polar surface area (TPSA) is 74.6 Å². The van der Waals surface area contributed by atoms with Crippen LogP contribution in [0.25, 0.3) is 16.2 Å². The fourth-order valence-electron chi connectivity index (χ4n) is 1.39. The molecule has 0 aliphatic carbocycles. The molecule has 1 aromatic carbocycles. The summed E-state index contributed by atoms with van der Waals surface area (Å²) in [5, 5.41) is 18.9. The van der Waals surface area contributed by atoms with Crippen molar-refractivity contribution in [2.24, 2.45) is 0 Å². The number of hydrogen-bond donors (Lipinski definition) is 2. The number of hydrogen-bond acceptors (Lipinski definition) is 4. The van der Waals surface area contributed by atoms with Crippen molar-refractivity contribution < 1.29 is 19.8 Å². The molecule has 0 amide bonds. The van der Waals surface area contributed by atoms with Gasteiger partial charge < -0.3 is 10.2 Å². The molecule has 0 saturated carbocycles. The maximum absolute atomic E-state index is 10.9. The third kappa shape index (κ3) is 2.19. The van der Waals surface area contributed by atoms with Crippen molar-refractivity contribution in [3.63, 3.8) is 0 Å². The van der Waals surface area contributed by atoms with Crippen molar-refractivity contribution in [3.05, 3.63) is 35.2 Å². The normalized spacial score (nSPS) is 11.1. The molecule has 5 heteroatoms. The molecule has 0 radical (unpaired) electrons. The minimum Gasteiger partial charge on any atom is -0.506 e. The lowest BCUT2D eigenvalue weighted by Gasteiger charge is -1.89. The molecule has 2 aromatic rings. The molecular formula is C12H8O4S. The van der Waals surface area contributed by atoms with E-state index in [4.69, 9.17) is 5.11 Å². The van der Waals surface area contributed by atoms with E-state index in [1.54, 1.807) is 12.1 Å². The Morgan fingerprint density at radius 1 is 1.24 bits per heavy atom. The first-order valence-electron chi connectivity index (χ1n) is 4.75. The standard InChI is InChI=1S/C12H8O4S/c13-8(12(15)16)5-6-10-11(14)7-3-1-2-4-9(7)17-10/h1-6,14H,(H,15,16). The van der Waals surface area contributed by atoms with Crippen LogP contribution < -0.4 is 0 Å². The van der Waals surface area contributed by atoms with Crippen molar-refractivity contribution >= 4 is 39.3 Å². The van der Waals surface area contributed by atoms with Gasteiger partial charge in [-0.25, -0.2) is 4.79 Å². The lowest BCUT2D eigenvalue weighted by Crippen LogP contribution is -2.08. The first-order chi connectivity index (χ1) is 8.09. The molecule has 4 nitrogen and oxygen atoms in total. The molecule has 0 aliphatic heterocycles. The van der Waals surface area contributed by atoms with Crippen LogP contribution in [-0.2, 0) is 9.59 Å². The highest BCUT2D eigenvalue weighted by atomic mass is 32.1. The fraction of sp³-hybridized carbons (Fsp3) is 0. The molecule has 0 atom stereocenters. The van der Waals surface area contributed by atoms with Gasteiger partial charge in [0.25, 0.3) is 5.78 Å². The second-order valence-electron chi connectivity index (χ2n) is 3.31. The van der Waals surface area contributed by atoms with Gasteiger partial charge in [0, 0.05) is 10.1 Å². The van der Waals surface area contributed by atoms with Crippen LogP contribution in [-0.4, -0.2) is 22.0 Å². The van der Waals surface area contributed by atoms with Gasteiger partial charge in [0.2, 0.25) is 0 Å². The Labute approximate surface area is 100 Å². The summed E-state index contributed by atoms with van der Waals surface area (Å²) in [5.74, 6) is -2.45. The zero-order valence-corrected chi connectivity index (χ0v) is 9.40. The Bertz CT molecular complexity index is 624. The molecule has 0 bridgehead atoms. The number of benzene rings is 1. The van der Waals surface area contributed by atoms with E-state index in [-0.39, 0.29) is 5.75 Å². The first-order valence-corrected chi connectivity index (χ1v) is 5.57. The Morgan fingerprint density at radius 2 is 1.94 bits per heavy atom. The van der Waals surface area contributed by atoms with Gasteiger partial charge in [-0.05, 0) is 24.3 Å². The van der Waals surface area contributed by atoms with Crippen molar-refractivity contribution in [1.29, 1.82) is 0 Å². The summed E-state index contributed by atoms with van der Waals surface area (Å²) in [4.78, 5) is 21.7. The lowest BCUT2D eigenvalue weighted by atomic mass is 10.2. The van der Waals surface area contributed by atoms with Gasteiger partial charge in [-0.15, -0.1) is 11.3 Å². The van der Waals surface area contributed by atoms with E-state index in [0.29, 0.717) is 10.3 Å². The molecule has 1 aromatic heterocycles. The highest BCUT2D eigenvalue weighted by Gasteiger charge is 2.10. The predicted octanol–water partition coefficient (Wildman–Crippen LogP) is 2.27. The Morgan fingerprint density at radius 3 is 2.59 bits per heavy atom. The number of aliphatic carboxylic acids is 1. The molecular weight excluding hydrogens is 240 g/mol. The Kier molecular flexibility index (Phi) is 2.93. The number of rotatable bonds is 3. The monoisotopic (exact) mass is 248 g/mol. The molecule has 2 rings (SSSR count). The summed E-state index contributed by atoms with van der Waals surface area (Å²) in [7, 11) is 0. The largest absolute Gasteiger partial charge is 0.506 e. The zero-order valence-electron chi connectivity index (χ0n) is 8.58. The number of carboxylic acids is 1. The second-order valence-corrected chi connectivity index (χ2v) is 4.40. The number of carbonyl (C=O) groups is 2. The molecule has 0 spiro atoms. The average Bonchev–Trinajstić information content (AvgIpc) is 2.64. The maximum Gasteiger partial charge on any atom is 0.376 e. The van der Waals surface area contributed by atoms with Gasteiger partial charge >= 0.3 is 5.97 Å². The third-order valence-electron chi connectivity index (χ3n) is 2.19. The fourth-order valence-corrected chi connectivity index (χ4v) is 2.39. The average molecular weight is 248 g/mol. The van der Waals surface area contributed by atoms with E-state index in [1.807, 2.05) is 12.1 Å². The quantitative estimate of drug-likeness (QED) is 0.645. The van der Waals surface area contributed by atoms with Crippen LogP contribution in [0.3, 0.4) is 0 Å². The highest BCUT2D eigenvalue weighted by Crippen LogP contribution is 2.37. The van der Waals surface area contributed by atoms with Crippen molar-refractivity contribution in [2.75, 3.05) is 0 Å². The summed E-state index contributed by atoms with van der Waals surface area (Å²) in [6.07, 6.45) is 2.25. The predicted molar refractivity (Wildman–Crippen MR) is 65.2 cm³/mol. The summed E-state index contributed by atoms with van der Waals surface area (Å²) >= 11 is 1.30. The second kappa shape index (κ2) is 4.39. The van der Waals surface area contributed by atoms with Crippen LogP contribution in [0.2, 0.25) is 0 Å². The molecule has 0 aliphatic rings. The Hall–Kier alpha value is -2.14. The van der Waals surface area contributed by atoms with Crippen LogP contribution in [0.15, 0.2) is 30.3 Å². The van der Waals surface area contributed by atoms with Crippen LogP contribution in [0, 0.1) is 0 Å². The van der Waals surface area contributed by atoms with Crippen LogP contribution in [0.1, 0.15) is 4.88 Å². The smallest absolute Gasteiger partial charge is 0.376 e. The molecule has 0 fully saturated rings. The van der Waals surface area contributed by atoms with Crippen LogP contribution in [0.4, 0.5) is 0 Å². The van der Waals surface area contributed by atoms with Crippen molar-refractivity contribution in [2.45, 2.75) is 0 Å². The van der Waals surface area contributed by atoms with Crippen molar-refractivity contribution in [1.82, 2.24) is 0 Å². The van der Waals surface area contributed by atoms with E-state index < -0.39 is 11.8 Å². The number of carboxylic acid groups (broad SMARTS) is 1. The van der Waals surface area contributed by atoms with E-state index in [0.717, 1.165) is 10.8 Å². The molecule has 2 N–H and O–H groups in total. The molecule has 0 unspecified atom stereocenters. The van der Waals surface area contributed by atoms with Gasteiger partial charge in [0.1, 0.15) is 5.75 Å². The Balaban J connectivity index is 2.40. The number of ketones is 1. The third-order valence-corrected chi connectivity index (χ3v) is 3.32. The summed E-state index contributed by atoms with van der Waals surface area (Å²) in [6.45, 7) is 0. The van der Waals surface area contributed by atoms with Gasteiger partial charge in [-0.3, -0.25) is 4.79 Å². The van der Waals surface area contributed by atoms with Gasteiger partial charge in [0.05, 0.1) is 4.88 Å². The zero-order chi connectivity index (χ0) is 12.4. The van der Waals surface area contributed by atoms with Crippen molar-refractivity contribution in [3.8, 4) is 5.75 Å². The van der Waals surface area contributed by atoms with Gasteiger partial charge in [-0.1, -0.05) is 12.1 Å². The maximum atomic E-state index is 10.9. The first kappa shape index (κ1) is 11.3. The summed E-state index contributed by atoms with van der Waals surface area (Å²) in [6, 6.07) is 7.24.